The number of sulfonamides is 2. The maximum Gasteiger partial charge on any atom is 0.414 e. The molecule has 18 heteroatoms. The highest BCUT2D eigenvalue weighted by Gasteiger charge is 2.29. The fourth-order valence-electron chi connectivity index (χ4n) is 9.99. The molecule has 0 aliphatic rings. The SMILES string of the molecule is CCCCCCCCCCCCCCCCS(=O)(=O)Nc1ccc(Cl)c(NC(=O)C(Oc2ccc(COC(=O)N(CCCCCCCCCCCC)c3cc(C)c(/C=C(\C)c4nc5ccccc5o4)cc3C)cc2NS(C)(=O)=O)C(C)=O)c1. The van der Waals surface area contributed by atoms with Gasteiger partial charge in [-0.1, -0.05) is 185 Å². The number of ether oxygens (including phenoxy) is 2. The molecule has 15 nitrogen and oxygen atoms in total. The number of nitrogens with one attached hydrogen (secondary N) is 3. The van der Waals surface area contributed by atoms with Gasteiger partial charge in [0.25, 0.3) is 5.91 Å². The molecule has 0 saturated carbocycles. The lowest BCUT2D eigenvalue weighted by Crippen LogP contribution is -2.39. The molecule has 3 N–H and O–H groups in total. The van der Waals surface area contributed by atoms with Crippen molar-refractivity contribution in [3.63, 3.8) is 0 Å². The summed E-state index contributed by atoms with van der Waals surface area (Å²) in [6, 6.07) is 20.2. The number of amides is 2. The molecule has 0 fully saturated rings. The molecule has 5 rings (SSSR count). The summed E-state index contributed by atoms with van der Waals surface area (Å²) in [5.41, 5.74) is 6.19. The molecule has 1 atom stereocenters. The molecule has 83 heavy (non-hydrogen) atoms. The third-order valence-corrected chi connectivity index (χ3v) is 16.9. The number of Topliss-reactive ketones (excluding diaryl/α,β-unsaturated/α-hetero) is 1. The Kier molecular flexibility index (Phi) is 28.9. The first-order chi connectivity index (χ1) is 39.8. The summed E-state index contributed by atoms with van der Waals surface area (Å²) in [6.07, 6.45) is 28.0. The maximum absolute atomic E-state index is 14.3. The van der Waals surface area contributed by atoms with Gasteiger partial charge in [-0.3, -0.25) is 23.9 Å². The predicted octanol–water partition coefficient (Wildman–Crippen LogP) is 17.3. The van der Waals surface area contributed by atoms with Crippen molar-refractivity contribution in [1.29, 1.82) is 0 Å². The number of allylic oxidation sites excluding steroid dienone is 1. The highest BCUT2D eigenvalue weighted by atomic mass is 35.5. The van der Waals surface area contributed by atoms with E-state index in [1.54, 1.807) is 11.0 Å². The van der Waals surface area contributed by atoms with Crippen LogP contribution in [0.3, 0.4) is 0 Å². The Bertz CT molecular complexity index is 3090. The Morgan fingerprint density at radius 3 is 1.83 bits per heavy atom. The molecule has 2 amide bonds. The van der Waals surface area contributed by atoms with Gasteiger partial charge >= 0.3 is 6.09 Å². The fraction of sp³-hybridized carbons (Fsp3) is 0.538. The first-order valence-electron chi connectivity index (χ1n) is 30.3. The minimum Gasteiger partial charge on any atom is -0.470 e. The Balaban J connectivity index is 1.22. The number of aryl methyl sites for hydroxylation is 2. The van der Waals surface area contributed by atoms with E-state index in [1.165, 1.54) is 127 Å². The first-order valence-corrected chi connectivity index (χ1v) is 34.2. The number of carbonyl (C=O) groups is 3. The van der Waals surface area contributed by atoms with Crippen LogP contribution in [0.5, 0.6) is 5.75 Å². The van der Waals surface area contributed by atoms with Gasteiger partial charge in [0.15, 0.2) is 11.4 Å². The van der Waals surface area contributed by atoms with E-state index in [-0.39, 0.29) is 40.2 Å². The van der Waals surface area contributed by atoms with Gasteiger partial charge in [-0.15, -0.1) is 0 Å². The summed E-state index contributed by atoms with van der Waals surface area (Å²) < 4.78 is 74.6. The second kappa shape index (κ2) is 35.4. The van der Waals surface area contributed by atoms with Gasteiger partial charge in [0.05, 0.1) is 39.8 Å². The Labute approximate surface area is 500 Å². The maximum atomic E-state index is 14.3. The predicted molar refractivity (Wildman–Crippen MR) is 341 cm³/mol. The average molecular weight is 1200 g/mol. The van der Waals surface area contributed by atoms with E-state index in [4.69, 9.17) is 25.5 Å². The van der Waals surface area contributed by atoms with Crippen LogP contribution in [-0.4, -0.2) is 64.3 Å². The standard InChI is InChI=1S/C65H92ClN5O10S2/c1-8-10-12-14-16-18-20-21-22-23-25-27-29-33-41-83(77,78)69-54-37-38-55(66)57(46-54)67-63(73)62(51(6)72)80-61-39-36-52(45-58(61)70-82(7,75)76)47-79-65(74)71(40-32-28-26-24-19-17-15-13-11-9-2)59-44-48(3)53(42-49(59)4)43-50(5)64-68-56-34-30-31-35-60(56)81-64/h30-31,34-39,42-46,62,69-70H,8-29,32-33,40-41,47H2,1-7H3,(H,67,73)/b50-43+. The zero-order valence-corrected chi connectivity index (χ0v) is 52.7. The average Bonchev–Trinajstić information content (AvgIpc) is 4.04. The lowest BCUT2D eigenvalue weighted by molar-refractivity contribution is -0.133. The van der Waals surface area contributed by atoms with Crippen molar-refractivity contribution in [2.75, 3.05) is 38.2 Å². The number of halogens is 1. The van der Waals surface area contributed by atoms with Crippen LogP contribution in [0.2, 0.25) is 5.02 Å². The van der Waals surface area contributed by atoms with E-state index in [9.17, 15) is 31.2 Å². The molecular weight excluding hydrogens is 1110 g/mol. The van der Waals surface area contributed by atoms with E-state index < -0.39 is 43.9 Å². The van der Waals surface area contributed by atoms with Crippen LogP contribution in [0.25, 0.3) is 22.7 Å². The largest absolute Gasteiger partial charge is 0.470 e. The molecule has 1 unspecified atom stereocenters. The van der Waals surface area contributed by atoms with Gasteiger partial charge < -0.3 is 19.2 Å². The van der Waals surface area contributed by atoms with E-state index in [2.05, 4.69) is 33.6 Å². The van der Waals surface area contributed by atoms with Gasteiger partial charge in [-0.2, -0.15) is 0 Å². The number of oxazole rings is 1. The summed E-state index contributed by atoms with van der Waals surface area (Å²) >= 11 is 6.47. The summed E-state index contributed by atoms with van der Waals surface area (Å²) in [4.78, 5) is 47.5. The van der Waals surface area contributed by atoms with Crippen molar-refractivity contribution in [2.24, 2.45) is 0 Å². The number of hydrogen-bond donors (Lipinski definition) is 3. The molecule has 5 aromatic rings. The topological polar surface area (TPSA) is 203 Å². The van der Waals surface area contributed by atoms with Crippen LogP contribution in [0, 0.1) is 13.8 Å². The summed E-state index contributed by atoms with van der Waals surface area (Å²) in [5.74, 6) is -1.38. The minimum absolute atomic E-state index is 0.0155. The van der Waals surface area contributed by atoms with Crippen molar-refractivity contribution < 1.29 is 45.1 Å². The number of para-hydroxylation sites is 2. The number of hydrogen-bond acceptors (Lipinski definition) is 11. The molecule has 0 aliphatic carbocycles. The normalized spacial score (nSPS) is 12.3. The molecular formula is C65H92ClN5O10S2. The van der Waals surface area contributed by atoms with Crippen LogP contribution < -0.4 is 24.4 Å². The van der Waals surface area contributed by atoms with Gasteiger partial charge in [0.2, 0.25) is 32.0 Å². The highest BCUT2D eigenvalue weighted by molar-refractivity contribution is 7.92. The van der Waals surface area contributed by atoms with Crippen LogP contribution in [0.4, 0.5) is 27.5 Å². The number of aromatic nitrogens is 1. The van der Waals surface area contributed by atoms with Crippen molar-refractivity contribution in [3.8, 4) is 5.75 Å². The quantitative estimate of drug-likeness (QED) is 0.0249. The second-order valence-corrected chi connectivity index (χ2v) is 26.2. The van der Waals surface area contributed by atoms with Crippen molar-refractivity contribution in [1.82, 2.24) is 4.98 Å². The van der Waals surface area contributed by atoms with E-state index in [0.29, 0.717) is 35.7 Å². The Hall–Kier alpha value is -5.91. The number of unbranched alkanes of at least 4 members (excludes halogenated alkanes) is 22. The lowest BCUT2D eigenvalue weighted by atomic mass is 10.0. The van der Waals surface area contributed by atoms with Crippen LogP contribution >= 0.6 is 11.6 Å². The molecule has 4 aromatic carbocycles. The zero-order valence-electron chi connectivity index (χ0n) is 50.3. The van der Waals surface area contributed by atoms with Crippen molar-refractivity contribution >= 4 is 94.9 Å². The Morgan fingerprint density at radius 1 is 0.675 bits per heavy atom. The first kappa shape index (κ1) is 67.9. The lowest BCUT2D eigenvalue weighted by Gasteiger charge is -2.25. The molecule has 0 radical (unpaired) electrons. The monoisotopic (exact) mass is 1200 g/mol. The molecule has 0 aliphatic heterocycles. The van der Waals surface area contributed by atoms with Crippen molar-refractivity contribution in [2.45, 2.75) is 208 Å². The van der Waals surface area contributed by atoms with Crippen molar-refractivity contribution in [3.05, 3.63) is 106 Å². The van der Waals surface area contributed by atoms with Crippen LogP contribution in [-0.2, 0) is 41.0 Å². The number of carbonyl (C=O) groups excluding carboxylic acids is 3. The third kappa shape index (κ3) is 24.3. The van der Waals surface area contributed by atoms with Gasteiger partial charge in [-0.25, -0.2) is 26.6 Å². The molecule has 0 spiro atoms. The number of rotatable bonds is 40. The molecule has 456 valence electrons. The fourth-order valence-corrected chi connectivity index (χ4v) is 11.9. The molecule has 1 aromatic heterocycles. The third-order valence-electron chi connectivity index (χ3n) is 14.7. The summed E-state index contributed by atoms with van der Waals surface area (Å²) in [7, 11) is -7.69. The molecule has 0 saturated heterocycles. The zero-order chi connectivity index (χ0) is 60.2. The smallest absolute Gasteiger partial charge is 0.414 e. The Morgan fingerprint density at radius 2 is 1.25 bits per heavy atom. The highest BCUT2D eigenvalue weighted by Crippen LogP contribution is 2.33. The minimum atomic E-state index is -3.95. The summed E-state index contributed by atoms with van der Waals surface area (Å²) in [6.45, 7) is 11.6. The van der Waals surface area contributed by atoms with Gasteiger partial charge in [-0.05, 0) is 123 Å². The second-order valence-electron chi connectivity index (χ2n) is 22.2. The van der Waals surface area contributed by atoms with Crippen LogP contribution in [0.1, 0.15) is 210 Å². The molecule has 1 heterocycles. The van der Waals surface area contributed by atoms with E-state index in [1.807, 2.05) is 63.2 Å². The van der Waals surface area contributed by atoms with Gasteiger partial charge in [0, 0.05) is 12.1 Å². The molecule has 0 bridgehead atoms. The number of benzene rings is 4. The number of anilines is 4. The number of fused-ring (bicyclic) bond motifs is 1. The number of nitrogens with zero attached hydrogens (tertiary/aromatic N) is 2. The van der Waals surface area contributed by atoms with Crippen LogP contribution in [0.15, 0.2) is 77.2 Å². The number of ketones is 1. The summed E-state index contributed by atoms with van der Waals surface area (Å²) in [5, 5.41) is 2.64. The van der Waals surface area contributed by atoms with E-state index in [0.717, 1.165) is 92.3 Å². The van der Waals surface area contributed by atoms with E-state index >= 15 is 0 Å². The van der Waals surface area contributed by atoms with Gasteiger partial charge in [0.1, 0.15) is 17.9 Å².